The quantitative estimate of drug-likeness (QED) is 0.933. The predicted octanol–water partition coefficient (Wildman–Crippen LogP) is 3.45. The van der Waals surface area contributed by atoms with Crippen LogP contribution in [0.1, 0.15) is 10.4 Å². The van der Waals surface area contributed by atoms with Gasteiger partial charge in [-0.15, -0.1) is 11.3 Å². The van der Waals surface area contributed by atoms with Gasteiger partial charge >= 0.3 is 0 Å². The van der Waals surface area contributed by atoms with Crippen LogP contribution in [-0.4, -0.2) is 5.91 Å². The number of nitrogens with one attached hydrogen (secondary N) is 1. The van der Waals surface area contributed by atoms with Gasteiger partial charge in [0.05, 0.1) is 22.0 Å². The Labute approximate surface area is 114 Å². The maximum atomic E-state index is 11.8. The first-order chi connectivity index (χ1) is 8.69. The summed E-state index contributed by atoms with van der Waals surface area (Å²) in [5, 5.41) is 11.6. The Balaban J connectivity index is 2.06. The van der Waals surface area contributed by atoms with Crippen molar-refractivity contribution in [3.63, 3.8) is 0 Å². The minimum Gasteiger partial charge on any atom is -0.325 e. The molecule has 0 spiro atoms. The Hall–Kier alpha value is -1.83. The lowest BCUT2D eigenvalue weighted by atomic mass is 10.2. The molecule has 0 saturated heterocycles. The monoisotopic (exact) mass is 276 g/mol. The lowest BCUT2D eigenvalue weighted by molar-refractivity contribution is -0.115. The summed E-state index contributed by atoms with van der Waals surface area (Å²) in [6.45, 7) is 0. The summed E-state index contributed by atoms with van der Waals surface area (Å²) >= 11 is 7.17. The molecule has 5 heteroatoms. The number of para-hydroxylation sites is 1. The van der Waals surface area contributed by atoms with Gasteiger partial charge in [0.1, 0.15) is 6.07 Å². The highest BCUT2D eigenvalue weighted by Gasteiger charge is 2.08. The number of rotatable bonds is 3. The molecule has 0 aliphatic rings. The molecule has 0 unspecified atom stereocenters. The first-order valence-electron chi connectivity index (χ1n) is 5.22. The molecule has 90 valence electrons. The highest BCUT2D eigenvalue weighted by molar-refractivity contribution is 7.16. The molecule has 18 heavy (non-hydrogen) atoms. The van der Waals surface area contributed by atoms with Crippen LogP contribution in [0.15, 0.2) is 36.4 Å². The predicted molar refractivity (Wildman–Crippen MR) is 72.8 cm³/mol. The standard InChI is InChI=1S/C13H9ClN2OS/c14-12-6-5-10(18-12)7-13(17)16-11-4-2-1-3-9(11)8-15/h1-6H,7H2,(H,16,17). The van der Waals surface area contributed by atoms with Gasteiger partial charge in [-0.3, -0.25) is 4.79 Å². The minimum absolute atomic E-state index is 0.156. The van der Waals surface area contributed by atoms with Crippen LogP contribution in [0.4, 0.5) is 5.69 Å². The lowest BCUT2D eigenvalue weighted by Gasteiger charge is -2.05. The van der Waals surface area contributed by atoms with E-state index in [2.05, 4.69) is 5.32 Å². The zero-order chi connectivity index (χ0) is 13.0. The van der Waals surface area contributed by atoms with Crippen LogP contribution >= 0.6 is 22.9 Å². The van der Waals surface area contributed by atoms with E-state index >= 15 is 0 Å². The number of thiophene rings is 1. The van der Waals surface area contributed by atoms with Gasteiger partial charge in [-0.2, -0.15) is 5.26 Å². The van der Waals surface area contributed by atoms with Gasteiger partial charge in [0.2, 0.25) is 5.91 Å². The average molecular weight is 277 g/mol. The van der Waals surface area contributed by atoms with Gasteiger partial charge in [-0.25, -0.2) is 0 Å². The van der Waals surface area contributed by atoms with Gasteiger partial charge in [-0.1, -0.05) is 23.7 Å². The van der Waals surface area contributed by atoms with E-state index in [9.17, 15) is 4.79 Å². The molecule has 1 aromatic heterocycles. The van der Waals surface area contributed by atoms with Gasteiger partial charge in [0.25, 0.3) is 0 Å². The Morgan fingerprint density at radius 2 is 2.11 bits per heavy atom. The Bertz CT molecular complexity index is 615. The number of hydrogen-bond acceptors (Lipinski definition) is 3. The maximum absolute atomic E-state index is 11.8. The molecule has 2 aromatic rings. The topological polar surface area (TPSA) is 52.9 Å². The summed E-state index contributed by atoms with van der Waals surface area (Å²) in [7, 11) is 0. The normalized spacial score (nSPS) is 9.78. The van der Waals surface area contributed by atoms with E-state index in [0.717, 1.165) is 4.88 Å². The van der Waals surface area contributed by atoms with Crippen LogP contribution < -0.4 is 5.32 Å². The molecule has 1 heterocycles. The fourth-order valence-electron chi connectivity index (χ4n) is 1.49. The summed E-state index contributed by atoms with van der Waals surface area (Å²) in [6, 6.07) is 12.5. The lowest BCUT2D eigenvalue weighted by Crippen LogP contribution is -2.14. The van der Waals surface area contributed by atoms with Crippen molar-refractivity contribution in [2.75, 3.05) is 5.32 Å². The molecule has 1 N–H and O–H groups in total. The second-order valence-corrected chi connectivity index (χ2v) is 5.39. The van der Waals surface area contributed by atoms with Crippen LogP contribution in [0.5, 0.6) is 0 Å². The van der Waals surface area contributed by atoms with Crippen molar-refractivity contribution in [1.82, 2.24) is 0 Å². The van der Waals surface area contributed by atoms with E-state index in [1.165, 1.54) is 11.3 Å². The second-order valence-electron chi connectivity index (χ2n) is 3.59. The summed E-state index contributed by atoms with van der Waals surface area (Å²) in [6.07, 6.45) is 0.261. The van der Waals surface area contributed by atoms with E-state index < -0.39 is 0 Å². The number of nitrogens with zero attached hydrogens (tertiary/aromatic N) is 1. The third kappa shape index (κ3) is 3.10. The molecule has 0 saturated carbocycles. The van der Waals surface area contributed by atoms with Crippen molar-refractivity contribution in [2.24, 2.45) is 0 Å². The van der Waals surface area contributed by atoms with Crippen LogP contribution in [0.3, 0.4) is 0 Å². The zero-order valence-electron chi connectivity index (χ0n) is 9.31. The molecule has 0 aliphatic carbocycles. The van der Waals surface area contributed by atoms with Crippen molar-refractivity contribution in [3.8, 4) is 6.07 Å². The number of amides is 1. The summed E-state index contributed by atoms with van der Waals surface area (Å²) < 4.78 is 0.662. The van der Waals surface area contributed by atoms with Gasteiger partial charge in [0, 0.05) is 4.88 Å². The molecule has 0 atom stereocenters. The number of hydrogen-bond donors (Lipinski definition) is 1. The fourth-order valence-corrected chi connectivity index (χ4v) is 2.58. The largest absolute Gasteiger partial charge is 0.325 e. The molecule has 0 aliphatic heterocycles. The number of anilines is 1. The van der Waals surface area contributed by atoms with Crippen LogP contribution in [0.2, 0.25) is 4.34 Å². The molecule has 0 bridgehead atoms. The van der Waals surface area contributed by atoms with Crippen LogP contribution in [-0.2, 0) is 11.2 Å². The number of nitriles is 1. The summed E-state index contributed by atoms with van der Waals surface area (Å²) in [5.41, 5.74) is 0.989. The van der Waals surface area contributed by atoms with Crippen molar-refractivity contribution in [1.29, 1.82) is 5.26 Å². The Morgan fingerprint density at radius 1 is 1.33 bits per heavy atom. The van der Waals surface area contributed by atoms with Gasteiger partial charge in [-0.05, 0) is 24.3 Å². The van der Waals surface area contributed by atoms with Crippen molar-refractivity contribution >= 4 is 34.5 Å². The maximum Gasteiger partial charge on any atom is 0.229 e. The van der Waals surface area contributed by atoms with Gasteiger partial charge in [0.15, 0.2) is 0 Å². The van der Waals surface area contributed by atoms with Gasteiger partial charge < -0.3 is 5.32 Å². The highest BCUT2D eigenvalue weighted by Crippen LogP contribution is 2.22. The van der Waals surface area contributed by atoms with E-state index in [-0.39, 0.29) is 12.3 Å². The van der Waals surface area contributed by atoms with E-state index in [1.54, 1.807) is 30.3 Å². The van der Waals surface area contributed by atoms with E-state index in [4.69, 9.17) is 16.9 Å². The molecule has 1 amide bonds. The van der Waals surface area contributed by atoms with Crippen LogP contribution in [0, 0.1) is 11.3 Å². The number of carbonyl (C=O) groups is 1. The zero-order valence-corrected chi connectivity index (χ0v) is 10.9. The number of benzene rings is 1. The molecular formula is C13H9ClN2OS. The Kier molecular flexibility index (Phi) is 3.98. The van der Waals surface area contributed by atoms with Crippen molar-refractivity contribution in [3.05, 3.63) is 51.2 Å². The summed E-state index contributed by atoms with van der Waals surface area (Å²) in [5.74, 6) is -0.156. The number of halogens is 1. The molecule has 2 rings (SSSR count). The van der Waals surface area contributed by atoms with Crippen molar-refractivity contribution in [2.45, 2.75) is 6.42 Å². The summed E-state index contributed by atoms with van der Waals surface area (Å²) in [4.78, 5) is 12.7. The first kappa shape index (κ1) is 12.6. The molecule has 1 aromatic carbocycles. The van der Waals surface area contributed by atoms with E-state index in [0.29, 0.717) is 15.6 Å². The highest BCUT2D eigenvalue weighted by atomic mass is 35.5. The fraction of sp³-hybridized carbons (Fsp3) is 0.0769. The Morgan fingerprint density at radius 3 is 2.78 bits per heavy atom. The SMILES string of the molecule is N#Cc1ccccc1NC(=O)Cc1ccc(Cl)s1. The average Bonchev–Trinajstić information content (AvgIpc) is 2.75. The second kappa shape index (κ2) is 5.67. The molecular weight excluding hydrogens is 268 g/mol. The first-order valence-corrected chi connectivity index (χ1v) is 6.41. The minimum atomic E-state index is -0.156. The molecule has 3 nitrogen and oxygen atoms in total. The smallest absolute Gasteiger partial charge is 0.229 e. The van der Waals surface area contributed by atoms with E-state index in [1.807, 2.05) is 12.1 Å². The van der Waals surface area contributed by atoms with Crippen LogP contribution in [0.25, 0.3) is 0 Å². The third-order valence-corrected chi connectivity index (χ3v) is 3.52. The molecule has 0 radical (unpaired) electrons. The third-order valence-electron chi connectivity index (χ3n) is 2.29. The number of carbonyl (C=O) groups excluding carboxylic acids is 1. The van der Waals surface area contributed by atoms with Crippen molar-refractivity contribution < 1.29 is 4.79 Å². The molecule has 0 fully saturated rings.